The Labute approximate surface area is 128 Å². The molecule has 1 atom stereocenters. The molecule has 0 saturated heterocycles. The van der Waals surface area contributed by atoms with Crippen LogP contribution in [0.15, 0.2) is 48.5 Å². The minimum absolute atomic E-state index is 0.426. The van der Waals surface area contributed by atoms with Gasteiger partial charge < -0.3 is 10.0 Å². The van der Waals surface area contributed by atoms with Gasteiger partial charge in [0.25, 0.3) is 0 Å². The molecule has 0 amide bonds. The first-order chi connectivity index (χ1) is 10.1. The molecule has 1 N–H and O–H groups in total. The molecular formula is C19H25NO. The van der Waals surface area contributed by atoms with Gasteiger partial charge in [0, 0.05) is 13.1 Å². The van der Waals surface area contributed by atoms with Crippen molar-refractivity contribution in [3.05, 3.63) is 70.8 Å². The third-order valence-corrected chi connectivity index (χ3v) is 4.03. The van der Waals surface area contributed by atoms with Gasteiger partial charge in [-0.15, -0.1) is 0 Å². The molecule has 2 heteroatoms. The SMILES string of the molecule is Cc1ccc(C(O)CN(C)CCc2ccccc2)cc1C. The van der Waals surface area contributed by atoms with E-state index in [0.717, 1.165) is 18.5 Å². The van der Waals surface area contributed by atoms with Gasteiger partial charge in [0.05, 0.1) is 6.10 Å². The standard InChI is InChI=1S/C19H25NO/c1-15-9-10-18(13-16(15)2)19(21)14-20(3)12-11-17-7-5-4-6-8-17/h4-10,13,19,21H,11-12,14H2,1-3H3. The number of aliphatic hydroxyl groups excluding tert-OH is 1. The molecule has 2 nitrogen and oxygen atoms in total. The van der Waals surface area contributed by atoms with Crippen molar-refractivity contribution in [3.63, 3.8) is 0 Å². The van der Waals surface area contributed by atoms with E-state index >= 15 is 0 Å². The van der Waals surface area contributed by atoms with E-state index < -0.39 is 6.10 Å². The van der Waals surface area contributed by atoms with Crippen LogP contribution in [0.2, 0.25) is 0 Å². The summed E-state index contributed by atoms with van der Waals surface area (Å²) < 4.78 is 0. The first-order valence-corrected chi connectivity index (χ1v) is 7.54. The maximum absolute atomic E-state index is 10.4. The molecule has 0 heterocycles. The van der Waals surface area contributed by atoms with Crippen molar-refractivity contribution in [1.29, 1.82) is 0 Å². The van der Waals surface area contributed by atoms with Crippen LogP contribution in [0.3, 0.4) is 0 Å². The van der Waals surface area contributed by atoms with E-state index in [1.165, 1.54) is 16.7 Å². The monoisotopic (exact) mass is 283 g/mol. The van der Waals surface area contributed by atoms with Crippen molar-refractivity contribution in [2.45, 2.75) is 26.4 Å². The molecule has 0 aliphatic heterocycles. The van der Waals surface area contributed by atoms with Crippen molar-refractivity contribution in [2.75, 3.05) is 20.1 Å². The van der Waals surface area contributed by atoms with Crippen molar-refractivity contribution in [2.24, 2.45) is 0 Å². The first-order valence-electron chi connectivity index (χ1n) is 7.54. The first kappa shape index (κ1) is 15.7. The molecule has 2 rings (SSSR count). The van der Waals surface area contributed by atoms with Crippen LogP contribution in [0, 0.1) is 13.8 Å². The summed E-state index contributed by atoms with van der Waals surface area (Å²) in [7, 11) is 2.06. The Kier molecular flexibility index (Phi) is 5.54. The lowest BCUT2D eigenvalue weighted by Crippen LogP contribution is -2.26. The lowest BCUT2D eigenvalue weighted by atomic mass is 10.0. The van der Waals surface area contributed by atoms with Crippen LogP contribution in [0.4, 0.5) is 0 Å². The van der Waals surface area contributed by atoms with Gasteiger partial charge in [-0.05, 0) is 49.6 Å². The molecular weight excluding hydrogens is 258 g/mol. The molecule has 0 radical (unpaired) electrons. The van der Waals surface area contributed by atoms with Crippen molar-refractivity contribution >= 4 is 0 Å². The second-order valence-electron chi connectivity index (χ2n) is 5.86. The number of aryl methyl sites for hydroxylation is 2. The average Bonchev–Trinajstić information content (AvgIpc) is 2.49. The normalized spacial score (nSPS) is 12.6. The zero-order valence-corrected chi connectivity index (χ0v) is 13.2. The minimum atomic E-state index is -0.426. The summed E-state index contributed by atoms with van der Waals surface area (Å²) in [4.78, 5) is 2.19. The van der Waals surface area contributed by atoms with Crippen LogP contribution in [0.5, 0.6) is 0 Å². The molecule has 0 saturated carbocycles. The number of benzene rings is 2. The van der Waals surface area contributed by atoms with Crippen molar-refractivity contribution in [1.82, 2.24) is 4.90 Å². The number of hydrogen-bond acceptors (Lipinski definition) is 2. The summed E-state index contributed by atoms with van der Waals surface area (Å²) in [5.74, 6) is 0. The summed E-state index contributed by atoms with van der Waals surface area (Å²) in [5, 5.41) is 10.4. The van der Waals surface area contributed by atoms with Crippen LogP contribution in [-0.4, -0.2) is 30.1 Å². The number of likely N-dealkylation sites (N-methyl/N-ethyl adjacent to an activating group) is 1. The van der Waals surface area contributed by atoms with E-state index in [9.17, 15) is 5.11 Å². The summed E-state index contributed by atoms with van der Waals surface area (Å²) in [6, 6.07) is 16.7. The smallest absolute Gasteiger partial charge is 0.0916 e. The van der Waals surface area contributed by atoms with Crippen LogP contribution in [-0.2, 0) is 6.42 Å². The highest BCUT2D eigenvalue weighted by Gasteiger charge is 2.11. The van der Waals surface area contributed by atoms with Crippen LogP contribution in [0.1, 0.15) is 28.4 Å². The number of hydrogen-bond donors (Lipinski definition) is 1. The Morgan fingerprint density at radius 2 is 1.71 bits per heavy atom. The molecule has 112 valence electrons. The second kappa shape index (κ2) is 7.39. The Balaban J connectivity index is 1.86. The number of nitrogens with zero attached hydrogens (tertiary/aromatic N) is 1. The number of aliphatic hydroxyl groups is 1. The number of rotatable bonds is 6. The van der Waals surface area contributed by atoms with Crippen molar-refractivity contribution < 1.29 is 5.11 Å². The zero-order chi connectivity index (χ0) is 15.2. The van der Waals surface area contributed by atoms with Gasteiger partial charge >= 0.3 is 0 Å². The van der Waals surface area contributed by atoms with Gasteiger partial charge in [0.1, 0.15) is 0 Å². The topological polar surface area (TPSA) is 23.5 Å². The maximum atomic E-state index is 10.4. The largest absolute Gasteiger partial charge is 0.387 e. The fraction of sp³-hybridized carbons (Fsp3) is 0.368. The maximum Gasteiger partial charge on any atom is 0.0916 e. The van der Waals surface area contributed by atoms with E-state index in [4.69, 9.17) is 0 Å². The van der Waals surface area contributed by atoms with Crippen molar-refractivity contribution in [3.8, 4) is 0 Å². The van der Waals surface area contributed by atoms with Gasteiger partial charge in [-0.3, -0.25) is 0 Å². The lowest BCUT2D eigenvalue weighted by Gasteiger charge is -2.21. The molecule has 0 fully saturated rings. The summed E-state index contributed by atoms with van der Waals surface area (Å²) in [5.41, 5.74) is 4.84. The quantitative estimate of drug-likeness (QED) is 0.877. The molecule has 0 spiro atoms. The highest BCUT2D eigenvalue weighted by molar-refractivity contribution is 5.31. The zero-order valence-electron chi connectivity index (χ0n) is 13.2. The second-order valence-corrected chi connectivity index (χ2v) is 5.86. The van der Waals surface area contributed by atoms with E-state index in [1.54, 1.807) is 0 Å². The fourth-order valence-electron chi connectivity index (χ4n) is 2.43. The van der Waals surface area contributed by atoms with Crippen LogP contribution >= 0.6 is 0 Å². The van der Waals surface area contributed by atoms with Crippen LogP contribution < -0.4 is 0 Å². The highest BCUT2D eigenvalue weighted by atomic mass is 16.3. The highest BCUT2D eigenvalue weighted by Crippen LogP contribution is 2.18. The molecule has 0 aliphatic rings. The molecule has 21 heavy (non-hydrogen) atoms. The lowest BCUT2D eigenvalue weighted by molar-refractivity contribution is 0.127. The fourth-order valence-corrected chi connectivity index (χ4v) is 2.43. The summed E-state index contributed by atoms with van der Waals surface area (Å²) >= 11 is 0. The average molecular weight is 283 g/mol. The molecule has 0 bridgehead atoms. The summed E-state index contributed by atoms with van der Waals surface area (Å²) in [6.45, 7) is 5.80. The van der Waals surface area contributed by atoms with Gasteiger partial charge in [-0.2, -0.15) is 0 Å². The molecule has 2 aromatic rings. The summed E-state index contributed by atoms with van der Waals surface area (Å²) in [6.07, 6.45) is 0.585. The van der Waals surface area contributed by atoms with Gasteiger partial charge in [-0.25, -0.2) is 0 Å². The van der Waals surface area contributed by atoms with Crippen LogP contribution in [0.25, 0.3) is 0 Å². The Bertz CT molecular complexity index is 565. The minimum Gasteiger partial charge on any atom is -0.387 e. The van der Waals surface area contributed by atoms with Gasteiger partial charge in [-0.1, -0.05) is 48.5 Å². The Morgan fingerprint density at radius 1 is 1.00 bits per heavy atom. The Morgan fingerprint density at radius 3 is 2.38 bits per heavy atom. The molecule has 0 aromatic heterocycles. The predicted molar refractivity (Wildman–Crippen MR) is 88.5 cm³/mol. The van der Waals surface area contributed by atoms with E-state index in [1.807, 2.05) is 12.1 Å². The third-order valence-electron chi connectivity index (χ3n) is 4.03. The van der Waals surface area contributed by atoms with E-state index in [2.05, 4.69) is 62.2 Å². The molecule has 0 aliphatic carbocycles. The van der Waals surface area contributed by atoms with E-state index in [-0.39, 0.29) is 0 Å². The molecule has 1 unspecified atom stereocenters. The predicted octanol–water partition coefficient (Wildman–Crippen LogP) is 3.51. The molecule has 2 aromatic carbocycles. The van der Waals surface area contributed by atoms with E-state index in [0.29, 0.717) is 6.54 Å². The van der Waals surface area contributed by atoms with Gasteiger partial charge in [0.15, 0.2) is 0 Å². The third kappa shape index (κ3) is 4.69. The van der Waals surface area contributed by atoms with Gasteiger partial charge in [0.2, 0.25) is 0 Å². The Hall–Kier alpha value is -1.64.